The van der Waals surface area contributed by atoms with Gasteiger partial charge in [-0.3, -0.25) is 0 Å². The van der Waals surface area contributed by atoms with Gasteiger partial charge in [0.1, 0.15) is 0 Å². The van der Waals surface area contributed by atoms with Crippen LogP contribution in [0.1, 0.15) is 84.0 Å². The largest absolute Gasteiger partial charge is 0.330 e. The molecule has 0 saturated heterocycles. The van der Waals surface area contributed by atoms with Crippen LogP contribution in [0, 0.1) is 6.92 Å². The van der Waals surface area contributed by atoms with Crippen molar-refractivity contribution in [1.29, 1.82) is 0 Å². The number of nitrogens with zero attached hydrogens (tertiary/aromatic N) is 1. The summed E-state index contributed by atoms with van der Waals surface area (Å²) in [5.74, 6) is 0. The maximum absolute atomic E-state index is 5.58. The van der Waals surface area contributed by atoms with Crippen molar-refractivity contribution in [2.75, 3.05) is 26.2 Å². The first kappa shape index (κ1) is 19.9. The lowest BCUT2D eigenvalue weighted by Gasteiger charge is -2.21. The maximum atomic E-state index is 5.58. The monoisotopic (exact) mass is 283 g/mol. The molecule has 1 radical (unpaired) electrons. The molecule has 0 aliphatic carbocycles. The third kappa shape index (κ3) is 14.3. The van der Waals surface area contributed by atoms with Crippen molar-refractivity contribution in [1.82, 2.24) is 4.90 Å². The zero-order chi connectivity index (χ0) is 14.9. The van der Waals surface area contributed by atoms with Gasteiger partial charge in [0.15, 0.2) is 0 Å². The summed E-state index contributed by atoms with van der Waals surface area (Å²) in [4.78, 5) is 2.53. The average molecular weight is 284 g/mol. The standard InChI is InChI=1S/C18H39N2/c1-3-5-6-7-8-9-10-11-12-13-17-20(16-4-2)18-14-15-19/h2-19H2,1H3. The molecule has 0 fully saturated rings. The van der Waals surface area contributed by atoms with Gasteiger partial charge in [-0.25, -0.2) is 0 Å². The van der Waals surface area contributed by atoms with Crippen molar-refractivity contribution in [3.8, 4) is 0 Å². The molecule has 2 heteroatoms. The average Bonchev–Trinajstić information content (AvgIpc) is 2.46. The van der Waals surface area contributed by atoms with Crippen LogP contribution in [0.5, 0.6) is 0 Å². The first-order valence-corrected chi connectivity index (χ1v) is 9.06. The molecule has 0 amide bonds. The van der Waals surface area contributed by atoms with E-state index in [4.69, 9.17) is 5.73 Å². The molecule has 0 heterocycles. The first-order chi connectivity index (χ1) is 9.85. The minimum atomic E-state index is 0.811. The Kier molecular flexibility index (Phi) is 16.9. The number of unbranched alkanes of at least 4 members (excludes halogenated alkanes) is 9. The number of rotatable bonds is 16. The van der Waals surface area contributed by atoms with Crippen molar-refractivity contribution in [2.24, 2.45) is 5.73 Å². The zero-order valence-corrected chi connectivity index (χ0v) is 14.0. The van der Waals surface area contributed by atoms with Crippen molar-refractivity contribution in [2.45, 2.75) is 84.0 Å². The molecule has 0 spiro atoms. The predicted octanol–water partition coefficient (Wildman–Crippen LogP) is 4.78. The highest BCUT2D eigenvalue weighted by Gasteiger charge is 2.02. The molecule has 0 unspecified atom stereocenters. The fourth-order valence-corrected chi connectivity index (χ4v) is 2.70. The summed E-state index contributed by atoms with van der Waals surface area (Å²) in [6.45, 7) is 10.6. The van der Waals surface area contributed by atoms with Gasteiger partial charge in [0.05, 0.1) is 0 Å². The van der Waals surface area contributed by atoms with Crippen LogP contribution in [0.3, 0.4) is 0 Å². The van der Waals surface area contributed by atoms with Crippen LogP contribution in [0.25, 0.3) is 0 Å². The number of hydrogen-bond acceptors (Lipinski definition) is 2. The van der Waals surface area contributed by atoms with Gasteiger partial charge in [-0.15, -0.1) is 0 Å². The minimum absolute atomic E-state index is 0.811. The summed E-state index contributed by atoms with van der Waals surface area (Å²) in [5, 5.41) is 0. The fraction of sp³-hybridized carbons (Fsp3) is 0.944. The highest BCUT2D eigenvalue weighted by Crippen LogP contribution is 2.10. The van der Waals surface area contributed by atoms with Gasteiger partial charge < -0.3 is 10.6 Å². The molecule has 0 saturated carbocycles. The Morgan fingerprint density at radius 1 is 0.700 bits per heavy atom. The summed E-state index contributed by atoms with van der Waals surface area (Å²) in [5.41, 5.74) is 5.58. The lowest BCUT2D eigenvalue weighted by atomic mass is 10.1. The molecule has 2 N–H and O–H groups in total. The van der Waals surface area contributed by atoms with E-state index in [1.54, 1.807) is 0 Å². The van der Waals surface area contributed by atoms with E-state index in [9.17, 15) is 0 Å². The third-order valence-electron chi connectivity index (χ3n) is 3.98. The van der Waals surface area contributed by atoms with Crippen LogP contribution in [0.4, 0.5) is 0 Å². The summed E-state index contributed by atoms with van der Waals surface area (Å²) in [6.07, 6.45) is 16.3. The van der Waals surface area contributed by atoms with Gasteiger partial charge in [0.2, 0.25) is 0 Å². The van der Waals surface area contributed by atoms with E-state index in [1.165, 1.54) is 70.8 Å². The van der Waals surface area contributed by atoms with Crippen LogP contribution < -0.4 is 5.73 Å². The molecular formula is C18H39N2. The van der Waals surface area contributed by atoms with Gasteiger partial charge in [-0.05, 0) is 45.4 Å². The molecule has 0 aromatic heterocycles. The second kappa shape index (κ2) is 17.0. The Bertz CT molecular complexity index is 171. The molecule has 0 aromatic rings. The highest BCUT2D eigenvalue weighted by atomic mass is 15.1. The van der Waals surface area contributed by atoms with Crippen molar-refractivity contribution in [3.05, 3.63) is 6.92 Å². The van der Waals surface area contributed by atoms with Gasteiger partial charge in [0.25, 0.3) is 0 Å². The van der Waals surface area contributed by atoms with Crippen LogP contribution in [0.2, 0.25) is 0 Å². The molecule has 0 rings (SSSR count). The lowest BCUT2D eigenvalue weighted by Crippen LogP contribution is -2.28. The molecular weight excluding hydrogens is 244 g/mol. The van der Waals surface area contributed by atoms with Crippen LogP contribution in [0.15, 0.2) is 0 Å². The van der Waals surface area contributed by atoms with Crippen molar-refractivity contribution >= 4 is 0 Å². The van der Waals surface area contributed by atoms with Crippen LogP contribution in [-0.4, -0.2) is 31.1 Å². The summed E-state index contributed by atoms with van der Waals surface area (Å²) >= 11 is 0. The van der Waals surface area contributed by atoms with Crippen molar-refractivity contribution < 1.29 is 0 Å². The van der Waals surface area contributed by atoms with E-state index in [1.807, 2.05) is 0 Å². The molecule has 0 bridgehead atoms. The predicted molar refractivity (Wildman–Crippen MR) is 91.9 cm³/mol. The smallest absolute Gasteiger partial charge is 0.000672 e. The van der Waals surface area contributed by atoms with E-state index in [0.29, 0.717) is 0 Å². The SMILES string of the molecule is [CH2]CCN(CCCN)CCCCCCCCCCCC. The number of hydrogen-bond donors (Lipinski definition) is 1. The fourth-order valence-electron chi connectivity index (χ4n) is 2.70. The molecule has 0 atom stereocenters. The van der Waals surface area contributed by atoms with Gasteiger partial charge in [-0.2, -0.15) is 0 Å². The molecule has 0 aliphatic heterocycles. The van der Waals surface area contributed by atoms with Crippen LogP contribution in [-0.2, 0) is 0 Å². The second-order valence-electron chi connectivity index (χ2n) is 6.02. The number of nitrogens with two attached hydrogens (primary N) is 1. The Labute approximate surface area is 128 Å². The molecule has 0 aromatic carbocycles. The topological polar surface area (TPSA) is 29.3 Å². The maximum Gasteiger partial charge on any atom is -0.000672 e. The summed E-state index contributed by atoms with van der Waals surface area (Å²) in [7, 11) is 0. The molecule has 20 heavy (non-hydrogen) atoms. The molecule has 121 valence electrons. The van der Waals surface area contributed by atoms with E-state index in [0.717, 1.165) is 32.5 Å². The van der Waals surface area contributed by atoms with E-state index < -0.39 is 0 Å². The summed E-state index contributed by atoms with van der Waals surface area (Å²) < 4.78 is 0. The van der Waals surface area contributed by atoms with E-state index >= 15 is 0 Å². The molecule has 0 aliphatic rings. The Morgan fingerprint density at radius 2 is 1.20 bits per heavy atom. The van der Waals surface area contributed by atoms with E-state index in [2.05, 4.69) is 18.7 Å². The summed E-state index contributed by atoms with van der Waals surface area (Å²) in [6, 6.07) is 0. The Balaban J connectivity index is 3.27. The van der Waals surface area contributed by atoms with Crippen LogP contribution >= 0.6 is 0 Å². The molecule has 2 nitrogen and oxygen atoms in total. The lowest BCUT2D eigenvalue weighted by molar-refractivity contribution is 0.269. The third-order valence-corrected chi connectivity index (χ3v) is 3.98. The minimum Gasteiger partial charge on any atom is -0.330 e. The first-order valence-electron chi connectivity index (χ1n) is 9.06. The van der Waals surface area contributed by atoms with E-state index in [-0.39, 0.29) is 0 Å². The van der Waals surface area contributed by atoms with Gasteiger partial charge >= 0.3 is 0 Å². The van der Waals surface area contributed by atoms with Gasteiger partial charge in [0, 0.05) is 0 Å². The normalized spacial score (nSPS) is 11.4. The highest BCUT2D eigenvalue weighted by molar-refractivity contribution is 4.60. The Morgan fingerprint density at radius 3 is 1.70 bits per heavy atom. The quantitative estimate of drug-likeness (QED) is 0.413. The van der Waals surface area contributed by atoms with Gasteiger partial charge in [-0.1, -0.05) is 71.6 Å². The Hall–Kier alpha value is -0.0800. The second-order valence-corrected chi connectivity index (χ2v) is 6.02. The van der Waals surface area contributed by atoms with Crippen molar-refractivity contribution in [3.63, 3.8) is 0 Å². The zero-order valence-electron chi connectivity index (χ0n) is 14.0.